The van der Waals surface area contributed by atoms with Crippen LogP contribution in [0.2, 0.25) is 0 Å². The van der Waals surface area contributed by atoms with Crippen molar-refractivity contribution in [2.45, 2.75) is 13.0 Å². The number of nitrogens with zero attached hydrogens (tertiary/aromatic N) is 2. The minimum Gasteiger partial charge on any atom is -0.377 e. The highest BCUT2D eigenvalue weighted by molar-refractivity contribution is 5.61. The zero-order valence-corrected chi connectivity index (χ0v) is 11.0. The van der Waals surface area contributed by atoms with Gasteiger partial charge in [0.1, 0.15) is 5.69 Å². The van der Waals surface area contributed by atoms with E-state index < -0.39 is 0 Å². The second-order valence-corrected chi connectivity index (χ2v) is 4.54. The van der Waals surface area contributed by atoms with Crippen molar-refractivity contribution in [2.24, 2.45) is 0 Å². The first-order valence-corrected chi connectivity index (χ1v) is 6.52. The molecule has 1 N–H and O–H groups in total. The highest BCUT2D eigenvalue weighted by atomic mass is 16.6. The van der Waals surface area contributed by atoms with Crippen LogP contribution in [0.15, 0.2) is 24.3 Å². The molecule has 0 aromatic heterocycles. The van der Waals surface area contributed by atoms with E-state index in [1.54, 1.807) is 18.2 Å². The molecular weight excluding hydrogens is 246 g/mol. The number of benzene rings is 1. The van der Waals surface area contributed by atoms with Gasteiger partial charge in [-0.05, 0) is 12.6 Å². The molecule has 0 amide bonds. The Morgan fingerprint density at radius 2 is 2.32 bits per heavy atom. The smallest absolute Gasteiger partial charge is 0.292 e. The van der Waals surface area contributed by atoms with Gasteiger partial charge in [-0.3, -0.25) is 15.0 Å². The van der Waals surface area contributed by atoms with Gasteiger partial charge in [0.05, 0.1) is 17.6 Å². The van der Waals surface area contributed by atoms with Crippen LogP contribution in [-0.2, 0) is 4.74 Å². The lowest BCUT2D eigenvalue weighted by atomic mass is 10.2. The molecule has 0 bridgehead atoms. The van der Waals surface area contributed by atoms with E-state index in [2.05, 4.69) is 17.1 Å². The summed E-state index contributed by atoms with van der Waals surface area (Å²) in [5.74, 6) is 0. The predicted octanol–water partition coefficient (Wildman–Crippen LogP) is 1.73. The van der Waals surface area contributed by atoms with Gasteiger partial charge >= 0.3 is 0 Å². The fourth-order valence-electron chi connectivity index (χ4n) is 2.20. The lowest BCUT2D eigenvalue weighted by Crippen LogP contribution is -2.45. The summed E-state index contributed by atoms with van der Waals surface area (Å²) in [5.41, 5.74) is 0.648. The topological polar surface area (TPSA) is 67.6 Å². The molecular formula is C13H19N3O3. The first-order valence-electron chi connectivity index (χ1n) is 6.52. The number of likely N-dealkylation sites (N-methyl/N-ethyl adjacent to an activating group) is 1. The Hall–Kier alpha value is -1.66. The molecule has 19 heavy (non-hydrogen) atoms. The number of nitro benzene ring substituents is 1. The molecule has 6 heteroatoms. The average Bonchev–Trinajstić information content (AvgIpc) is 2.45. The van der Waals surface area contributed by atoms with E-state index in [1.807, 2.05) is 0 Å². The Kier molecular flexibility index (Phi) is 4.70. The number of hydrogen-bond donors (Lipinski definition) is 1. The third-order valence-electron chi connectivity index (χ3n) is 3.29. The molecule has 1 aromatic rings. The number of nitrogens with one attached hydrogen (secondary N) is 1. The Balaban J connectivity index is 1.93. The van der Waals surface area contributed by atoms with Crippen LogP contribution in [-0.4, -0.2) is 48.7 Å². The highest BCUT2D eigenvalue weighted by Crippen LogP contribution is 2.23. The van der Waals surface area contributed by atoms with Crippen molar-refractivity contribution >= 4 is 11.4 Å². The van der Waals surface area contributed by atoms with Crippen molar-refractivity contribution in [1.82, 2.24) is 4.90 Å². The lowest BCUT2D eigenvalue weighted by Gasteiger charge is -2.32. The molecule has 104 valence electrons. The van der Waals surface area contributed by atoms with Crippen LogP contribution in [0.1, 0.15) is 6.92 Å². The number of anilines is 1. The number of morpholine rings is 1. The fourth-order valence-corrected chi connectivity index (χ4v) is 2.20. The van der Waals surface area contributed by atoms with Crippen LogP contribution in [0.5, 0.6) is 0 Å². The van der Waals surface area contributed by atoms with Gasteiger partial charge in [-0.15, -0.1) is 0 Å². The van der Waals surface area contributed by atoms with E-state index in [-0.39, 0.29) is 16.7 Å². The molecule has 1 aromatic carbocycles. The van der Waals surface area contributed by atoms with Crippen LogP contribution in [0.3, 0.4) is 0 Å². The molecule has 0 aliphatic carbocycles. The van der Waals surface area contributed by atoms with E-state index >= 15 is 0 Å². The van der Waals surface area contributed by atoms with Crippen LogP contribution < -0.4 is 5.32 Å². The van der Waals surface area contributed by atoms with Crippen molar-refractivity contribution in [2.75, 3.05) is 38.1 Å². The molecule has 0 radical (unpaired) electrons. The third kappa shape index (κ3) is 3.65. The Morgan fingerprint density at radius 3 is 3.05 bits per heavy atom. The largest absolute Gasteiger partial charge is 0.377 e. The maximum atomic E-state index is 10.9. The SMILES string of the molecule is CCN1CCOC(CNc2ccccc2[N+](=O)[O-])C1. The van der Waals surface area contributed by atoms with Gasteiger partial charge < -0.3 is 10.1 Å². The lowest BCUT2D eigenvalue weighted by molar-refractivity contribution is -0.384. The number of nitro groups is 1. The standard InChI is InChI=1S/C13H19N3O3/c1-2-15-7-8-19-11(10-15)9-14-12-5-3-4-6-13(12)16(17)18/h3-6,11,14H,2,7-10H2,1H3. The number of hydrogen-bond acceptors (Lipinski definition) is 5. The molecule has 2 rings (SSSR count). The third-order valence-corrected chi connectivity index (χ3v) is 3.29. The van der Waals surface area contributed by atoms with Gasteiger partial charge in [0, 0.05) is 25.7 Å². The molecule has 1 atom stereocenters. The molecule has 0 spiro atoms. The van der Waals surface area contributed by atoms with Crippen LogP contribution in [0.25, 0.3) is 0 Å². The maximum absolute atomic E-state index is 10.9. The minimum absolute atomic E-state index is 0.0773. The van der Waals surface area contributed by atoms with E-state index in [1.165, 1.54) is 6.07 Å². The summed E-state index contributed by atoms with van der Waals surface area (Å²) in [7, 11) is 0. The molecule has 1 saturated heterocycles. The molecule has 1 aliphatic rings. The summed E-state index contributed by atoms with van der Waals surface area (Å²) in [4.78, 5) is 12.8. The second-order valence-electron chi connectivity index (χ2n) is 4.54. The molecule has 1 unspecified atom stereocenters. The van der Waals surface area contributed by atoms with Gasteiger partial charge in [-0.2, -0.15) is 0 Å². The number of rotatable bonds is 5. The quantitative estimate of drug-likeness (QED) is 0.648. The first kappa shape index (κ1) is 13.8. The molecule has 0 saturated carbocycles. The monoisotopic (exact) mass is 265 g/mol. The van der Waals surface area contributed by atoms with Crippen molar-refractivity contribution < 1.29 is 9.66 Å². The molecule has 1 heterocycles. The highest BCUT2D eigenvalue weighted by Gasteiger charge is 2.20. The Morgan fingerprint density at radius 1 is 1.53 bits per heavy atom. The van der Waals surface area contributed by atoms with Crippen molar-refractivity contribution in [1.29, 1.82) is 0 Å². The zero-order chi connectivity index (χ0) is 13.7. The van der Waals surface area contributed by atoms with Gasteiger partial charge in [0.15, 0.2) is 0 Å². The average molecular weight is 265 g/mol. The van der Waals surface area contributed by atoms with E-state index in [0.717, 1.165) is 26.2 Å². The van der Waals surface area contributed by atoms with E-state index in [4.69, 9.17) is 4.74 Å². The second kappa shape index (κ2) is 6.49. The van der Waals surface area contributed by atoms with Crippen LogP contribution in [0, 0.1) is 10.1 Å². The van der Waals surface area contributed by atoms with Gasteiger partial charge in [0.25, 0.3) is 5.69 Å². The van der Waals surface area contributed by atoms with E-state index in [0.29, 0.717) is 12.2 Å². The predicted molar refractivity (Wildman–Crippen MR) is 73.4 cm³/mol. The van der Waals surface area contributed by atoms with Gasteiger partial charge in [-0.25, -0.2) is 0 Å². The normalized spacial score (nSPS) is 20.2. The molecule has 1 fully saturated rings. The number of ether oxygens (including phenoxy) is 1. The summed E-state index contributed by atoms with van der Waals surface area (Å²) < 4.78 is 5.66. The van der Waals surface area contributed by atoms with Gasteiger partial charge in [0.2, 0.25) is 0 Å². The Labute approximate surface area is 112 Å². The first-order chi connectivity index (χ1) is 9.20. The maximum Gasteiger partial charge on any atom is 0.292 e. The summed E-state index contributed by atoms with van der Waals surface area (Å²) in [6.45, 7) is 6.25. The summed E-state index contributed by atoms with van der Waals surface area (Å²) in [6.07, 6.45) is 0.0773. The van der Waals surface area contributed by atoms with Gasteiger partial charge in [-0.1, -0.05) is 19.1 Å². The van der Waals surface area contributed by atoms with Crippen LogP contribution in [0.4, 0.5) is 11.4 Å². The minimum atomic E-state index is -0.373. The number of para-hydroxylation sites is 2. The summed E-state index contributed by atoms with van der Waals surface area (Å²) in [6, 6.07) is 6.68. The zero-order valence-electron chi connectivity index (χ0n) is 11.0. The molecule has 6 nitrogen and oxygen atoms in total. The summed E-state index contributed by atoms with van der Waals surface area (Å²) >= 11 is 0. The van der Waals surface area contributed by atoms with Crippen LogP contribution >= 0.6 is 0 Å². The summed E-state index contributed by atoms with van der Waals surface area (Å²) in [5, 5.41) is 14.0. The Bertz CT molecular complexity index is 439. The van der Waals surface area contributed by atoms with Crippen molar-refractivity contribution in [3.63, 3.8) is 0 Å². The van der Waals surface area contributed by atoms with Crippen molar-refractivity contribution in [3.05, 3.63) is 34.4 Å². The van der Waals surface area contributed by atoms with Crippen molar-refractivity contribution in [3.8, 4) is 0 Å². The fraction of sp³-hybridized carbons (Fsp3) is 0.538. The molecule has 1 aliphatic heterocycles. The van der Waals surface area contributed by atoms with E-state index in [9.17, 15) is 10.1 Å².